The van der Waals surface area contributed by atoms with Crippen molar-refractivity contribution in [1.29, 1.82) is 0 Å². The van der Waals surface area contributed by atoms with Crippen LogP contribution in [-0.4, -0.2) is 26.5 Å². The molecule has 2 aromatic carbocycles. The maximum atomic E-state index is 11.9. The normalized spacial score (nSPS) is 21.4. The van der Waals surface area contributed by atoms with Crippen molar-refractivity contribution in [3.63, 3.8) is 0 Å². The molecular formula is C18H14Cl3N3O2. The lowest BCUT2D eigenvalue weighted by Crippen LogP contribution is -2.45. The van der Waals surface area contributed by atoms with E-state index in [1.807, 2.05) is 12.1 Å². The molecule has 1 fully saturated rings. The van der Waals surface area contributed by atoms with E-state index in [2.05, 4.69) is 10.1 Å². The van der Waals surface area contributed by atoms with Crippen LogP contribution >= 0.6 is 34.8 Å². The van der Waals surface area contributed by atoms with Gasteiger partial charge in [-0.15, -0.1) is 0 Å². The Balaban J connectivity index is 1.86. The predicted molar refractivity (Wildman–Crippen MR) is 99.5 cm³/mol. The van der Waals surface area contributed by atoms with Crippen molar-refractivity contribution in [2.45, 2.75) is 17.7 Å². The van der Waals surface area contributed by atoms with E-state index >= 15 is 0 Å². The number of rotatable bonds is 5. The van der Waals surface area contributed by atoms with E-state index in [0.29, 0.717) is 27.2 Å². The minimum atomic E-state index is -1.49. The Kier molecular flexibility index (Phi) is 4.45. The molecule has 1 aromatic heterocycles. The molecule has 0 saturated carbocycles. The van der Waals surface area contributed by atoms with Crippen LogP contribution in [0.15, 0.2) is 55.1 Å². The number of nitrogens with zero attached hydrogens (tertiary/aromatic N) is 3. The summed E-state index contributed by atoms with van der Waals surface area (Å²) in [6, 6.07) is 12.2. The Hall–Kier alpha value is -1.63. The summed E-state index contributed by atoms with van der Waals surface area (Å²) in [4.78, 5) is 3.95. The quantitative estimate of drug-likeness (QED) is 0.645. The zero-order chi connectivity index (χ0) is 18.4. The highest BCUT2D eigenvalue weighted by atomic mass is 35.5. The third-order valence-corrected chi connectivity index (χ3v) is 5.45. The van der Waals surface area contributed by atoms with Gasteiger partial charge in [-0.05, 0) is 29.8 Å². The van der Waals surface area contributed by atoms with Gasteiger partial charge in [-0.2, -0.15) is 5.10 Å². The third-order valence-electron chi connectivity index (χ3n) is 4.65. The van der Waals surface area contributed by atoms with Gasteiger partial charge in [0.15, 0.2) is 5.60 Å². The van der Waals surface area contributed by atoms with Crippen molar-refractivity contribution in [2.75, 3.05) is 6.61 Å². The summed E-state index contributed by atoms with van der Waals surface area (Å²) in [5.41, 5.74) is -1.15. The van der Waals surface area contributed by atoms with Crippen LogP contribution in [-0.2, 0) is 22.5 Å². The van der Waals surface area contributed by atoms with Crippen molar-refractivity contribution in [3.05, 3.63) is 81.3 Å². The number of ether oxygens (including phenoxy) is 1. The van der Waals surface area contributed by atoms with Crippen molar-refractivity contribution in [2.24, 2.45) is 0 Å². The Labute approximate surface area is 165 Å². The van der Waals surface area contributed by atoms with Crippen molar-refractivity contribution >= 4 is 34.8 Å². The average molecular weight is 411 g/mol. The first-order chi connectivity index (χ1) is 12.4. The van der Waals surface area contributed by atoms with E-state index < -0.39 is 11.2 Å². The van der Waals surface area contributed by atoms with E-state index in [0.717, 1.165) is 5.56 Å². The number of aliphatic hydroxyl groups is 1. The molecule has 1 aliphatic heterocycles. The van der Waals surface area contributed by atoms with Gasteiger partial charge in [-0.1, -0.05) is 53.0 Å². The first-order valence-corrected chi connectivity index (χ1v) is 8.98. The minimum absolute atomic E-state index is 0.108. The molecule has 134 valence electrons. The Bertz CT molecular complexity index is 927. The standard InChI is InChI=1S/C18H14Cl3N3O2/c19-13-3-1-12(2-4-13)18(9-26-18)17(25,8-24-11-22-10-23-24)15-6-5-14(20)7-16(15)21/h1-7,10-11,25H,8-9H2. The fourth-order valence-corrected chi connectivity index (χ4v) is 3.93. The fourth-order valence-electron chi connectivity index (χ4n) is 3.24. The van der Waals surface area contributed by atoms with E-state index in [4.69, 9.17) is 39.5 Å². The van der Waals surface area contributed by atoms with Crippen molar-refractivity contribution in [1.82, 2.24) is 14.8 Å². The molecule has 0 spiro atoms. The summed E-state index contributed by atoms with van der Waals surface area (Å²) in [6.45, 7) is 0.440. The van der Waals surface area contributed by atoms with Crippen LogP contribution in [0.1, 0.15) is 11.1 Å². The maximum absolute atomic E-state index is 11.9. The van der Waals surface area contributed by atoms with Crippen LogP contribution in [0.3, 0.4) is 0 Å². The molecule has 1 N–H and O–H groups in total. The Morgan fingerprint density at radius 3 is 2.38 bits per heavy atom. The van der Waals surface area contributed by atoms with Crippen LogP contribution in [0.4, 0.5) is 0 Å². The molecule has 5 nitrogen and oxygen atoms in total. The van der Waals surface area contributed by atoms with Crippen LogP contribution < -0.4 is 0 Å². The van der Waals surface area contributed by atoms with Gasteiger partial charge in [-0.25, -0.2) is 9.67 Å². The topological polar surface area (TPSA) is 63.5 Å². The predicted octanol–water partition coefficient (Wildman–Crippen LogP) is 4.05. The second-order valence-corrected chi connectivity index (χ2v) is 7.48. The monoisotopic (exact) mass is 409 g/mol. The summed E-state index contributed by atoms with van der Waals surface area (Å²) >= 11 is 18.5. The van der Waals surface area contributed by atoms with E-state index in [1.54, 1.807) is 35.0 Å². The van der Waals surface area contributed by atoms with E-state index in [1.165, 1.54) is 12.7 Å². The van der Waals surface area contributed by atoms with Gasteiger partial charge in [-0.3, -0.25) is 0 Å². The third kappa shape index (κ3) is 2.90. The molecule has 0 aliphatic carbocycles. The molecule has 0 bridgehead atoms. The minimum Gasteiger partial charge on any atom is -0.380 e. The number of benzene rings is 2. The number of halogens is 3. The van der Waals surface area contributed by atoms with Gasteiger partial charge < -0.3 is 9.84 Å². The zero-order valence-corrected chi connectivity index (χ0v) is 15.7. The number of hydrogen-bond donors (Lipinski definition) is 1. The summed E-state index contributed by atoms with van der Waals surface area (Å²) in [6.07, 6.45) is 2.94. The fraction of sp³-hybridized carbons (Fsp3) is 0.222. The summed E-state index contributed by atoms with van der Waals surface area (Å²) in [5.74, 6) is 0. The molecule has 2 unspecified atom stereocenters. The number of hydrogen-bond acceptors (Lipinski definition) is 4. The average Bonchev–Trinajstić information content (AvgIpc) is 3.27. The van der Waals surface area contributed by atoms with Crippen LogP contribution in [0.2, 0.25) is 15.1 Å². The lowest BCUT2D eigenvalue weighted by atomic mass is 9.77. The SMILES string of the molecule is OC(Cn1cncn1)(c1ccc(Cl)cc1Cl)C1(c2ccc(Cl)cc2)CO1. The summed E-state index contributed by atoms with van der Waals surface area (Å²) in [7, 11) is 0. The molecule has 8 heteroatoms. The highest BCUT2D eigenvalue weighted by Gasteiger charge is 2.64. The maximum Gasteiger partial charge on any atom is 0.151 e. The lowest BCUT2D eigenvalue weighted by molar-refractivity contribution is -0.0633. The highest BCUT2D eigenvalue weighted by Crippen LogP contribution is 2.55. The van der Waals surface area contributed by atoms with E-state index in [-0.39, 0.29) is 6.54 Å². The zero-order valence-electron chi connectivity index (χ0n) is 13.4. The molecule has 2 heterocycles. The van der Waals surface area contributed by atoms with Crippen molar-refractivity contribution < 1.29 is 9.84 Å². The smallest absolute Gasteiger partial charge is 0.151 e. The molecule has 1 aliphatic rings. The van der Waals surface area contributed by atoms with Crippen LogP contribution in [0.25, 0.3) is 0 Å². The highest BCUT2D eigenvalue weighted by molar-refractivity contribution is 6.35. The molecular weight excluding hydrogens is 397 g/mol. The number of epoxide rings is 1. The first-order valence-electron chi connectivity index (χ1n) is 7.85. The van der Waals surface area contributed by atoms with Gasteiger partial charge in [0.05, 0.1) is 13.2 Å². The first kappa shape index (κ1) is 17.8. The van der Waals surface area contributed by atoms with Crippen LogP contribution in [0.5, 0.6) is 0 Å². The molecule has 3 aromatic rings. The van der Waals surface area contributed by atoms with E-state index in [9.17, 15) is 5.11 Å². The largest absolute Gasteiger partial charge is 0.380 e. The van der Waals surface area contributed by atoms with Gasteiger partial charge in [0.25, 0.3) is 0 Å². The summed E-state index contributed by atoms with van der Waals surface area (Å²) in [5, 5.41) is 17.4. The summed E-state index contributed by atoms with van der Waals surface area (Å²) < 4.78 is 7.38. The van der Waals surface area contributed by atoms with Gasteiger partial charge in [0, 0.05) is 20.6 Å². The molecule has 4 rings (SSSR count). The van der Waals surface area contributed by atoms with Gasteiger partial charge in [0.1, 0.15) is 18.3 Å². The molecule has 0 amide bonds. The van der Waals surface area contributed by atoms with Gasteiger partial charge >= 0.3 is 0 Å². The van der Waals surface area contributed by atoms with Crippen LogP contribution in [0, 0.1) is 0 Å². The molecule has 0 radical (unpaired) electrons. The second-order valence-electron chi connectivity index (χ2n) is 6.20. The van der Waals surface area contributed by atoms with Gasteiger partial charge in [0.2, 0.25) is 0 Å². The van der Waals surface area contributed by atoms with Crippen molar-refractivity contribution in [3.8, 4) is 0 Å². The Morgan fingerprint density at radius 2 is 1.81 bits per heavy atom. The second kappa shape index (κ2) is 6.51. The Morgan fingerprint density at radius 1 is 1.12 bits per heavy atom. The molecule has 26 heavy (non-hydrogen) atoms. The molecule has 1 saturated heterocycles. The number of aromatic nitrogens is 3. The lowest BCUT2D eigenvalue weighted by Gasteiger charge is -2.35. The molecule has 2 atom stereocenters.